The summed E-state index contributed by atoms with van der Waals surface area (Å²) in [5, 5.41) is 0. The highest BCUT2D eigenvalue weighted by Crippen LogP contribution is 2.41. The smallest absolute Gasteiger partial charge is 0.200 e. The molecule has 1 aliphatic carbocycles. The molecule has 2 unspecified atom stereocenters. The topological polar surface area (TPSA) is 18.5 Å². The highest BCUT2D eigenvalue weighted by Gasteiger charge is 2.33. The molecule has 1 aromatic rings. The van der Waals surface area contributed by atoms with Gasteiger partial charge < -0.3 is 9.47 Å². The van der Waals surface area contributed by atoms with Crippen molar-refractivity contribution >= 4 is 0 Å². The third-order valence-electron chi connectivity index (χ3n) is 6.38. The first-order valence-corrected chi connectivity index (χ1v) is 11.0. The molecule has 156 valence electrons. The fourth-order valence-electron chi connectivity index (χ4n) is 4.69. The molecule has 1 saturated heterocycles. The number of halogens is 2. The summed E-state index contributed by atoms with van der Waals surface area (Å²) >= 11 is 0. The molecule has 2 fully saturated rings. The quantitative estimate of drug-likeness (QED) is 0.376. The molecule has 0 N–H and O–H groups in total. The number of allylic oxidation sites excluding steroid dienone is 1. The van der Waals surface area contributed by atoms with E-state index in [1.54, 1.807) is 12.1 Å². The van der Waals surface area contributed by atoms with Crippen LogP contribution in [0, 0.1) is 23.5 Å². The van der Waals surface area contributed by atoms with Crippen LogP contribution >= 0.6 is 0 Å². The maximum absolute atomic E-state index is 14.6. The number of rotatable bonds is 7. The van der Waals surface area contributed by atoms with Crippen molar-refractivity contribution in [2.24, 2.45) is 11.8 Å². The Morgan fingerprint density at radius 3 is 2.50 bits per heavy atom. The van der Waals surface area contributed by atoms with Crippen molar-refractivity contribution in [1.82, 2.24) is 0 Å². The van der Waals surface area contributed by atoms with Gasteiger partial charge in [-0.15, -0.1) is 0 Å². The fraction of sp³-hybridized carbons (Fsp3) is 0.667. The summed E-state index contributed by atoms with van der Waals surface area (Å²) in [7, 11) is 0. The van der Waals surface area contributed by atoms with Gasteiger partial charge in [-0.25, -0.2) is 4.39 Å². The van der Waals surface area contributed by atoms with E-state index in [1.165, 1.54) is 6.42 Å². The van der Waals surface area contributed by atoms with Crippen molar-refractivity contribution in [1.29, 1.82) is 0 Å². The van der Waals surface area contributed by atoms with Crippen molar-refractivity contribution in [2.75, 3.05) is 13.2 Å². The molecule has 4 heteroatoms. The largest absolute Gasteiger partial charge is 0.490 e. The molecule has 0 bridgehead atoms. The Balaban J connectivity index is 1.54. The van der Waals surface area contributed by atoms with E-state index in [-0.39, 0.29) is 11.7 Å². The Labute approximate surface area is 168 Å². The lowest BCUT2D eigenvalue weighted by atomic mass is 9.75. The van der Waals surface area contributed by atoms with E-state index in [0.717, 1.165) is 51.6 Å². The van der Waals surface area contributed by atoms with Crippen LogP contribution in [0.2, 0.25) is 0 Å². The molecule has 2 atom stereocenters. The normalized spacial score (nSPS) is 28.6. The van der Waals surface area contributed by atoms with Crippen LogP contribution < -0.4 is 4.74 Å². The molecule has 0 amide bonds. The van der Waals surface area contributed by atoms with Crippen LogP contribution in [0.25, 0.3) is 0 Å². The number of unbranched alkanes of at least 4 members (excludes halogenated alkanes) is 1. The molecule has 1 saturated carbocycles. The molecular weight excluding hydrogens is 358 g/mol. The molecular formula is C24H34F2O2. The highest BCUT2D eigenvalue weighted by molar-refractivity contribution is 5.33. The molecule has 1 aliphatic heterocycles. The minimum atomic E-state index is -0.832. The SMILES string of the molecule is CC=CC1CCC(C2CCC(c3ccc(OCCCC)c(F)c3F)CC2)OC1. The molecule has 3 rings (SSSR count). The molecule has 1 heterocycles. The lowest BCUT2D eigenvalue weighted by Gasteiger charge is -2.37. The predicted octanol–water partition coefficient (Wildman–Crippen LogP) is 6.79. The molecule has 1 aromatic carbocycles. The molecule has 2 aliphatic rings. The van der Waals surface area contributed by atoms with Gasteiger partial charge in [0.1, 0.15) is 0 Å². The van der Waals surface area contributed by atoms with Crippen LogP contribution in [0.15, 0.2) is 24.3 Å². The van der Waals surface area contributed by atoms with Gasteiger partial charge in [0.2, 0.25) is 5.82 Å². The van der Waals surface area contributed by atoms with Gasteiger partial charge in [-0.2, -0.15) is 4.39 Å². The van der Waals surface area contributed by atoms with Crippen LogP contribution in [0.4, 0.5) is 8.78 Å². The Morgan fingerprint density at radius 2 is 1.86 bits per heavy atom. The van der Waals surface area contributed by atoms with E-state index in [1.807, 2.05) is 6.92 Å². The fourth-order valence-corrected chi connectivity index (χ4v) is 4.69. The first-order chi connectivity index (χ1) is 13.6. The van der Waals surface area contributed by atoms with Gasteiger partial charge >= 0.3 is 0 Å². The Bertz CT molecular complexity index is 642. The molecule has 2 nitrogen and oxygen atoms in total. The van der Waals surface area contributed by atoms with Crippen LogP contribution in [0.5, 0.6) is 5.75 Å². The van der Waals surface area contributed by atoms with E-state index in [0.29, 0.717) is 30.1 Å². The van der Waals surface area contributed by atoms with Gasteiger partial charge in [-0.05, 0) is 75.3 Å². The van der Waals surface area contributed by atoms with Gasteiger partial charge in [0.25, 0.3) is 0 Å². The van der Waals surface area contributed by atoms with Gasteiger partial charge in [0.15, 0.2) is 11.6 Å². The van der Waals surface area contributed by atoms with E-state index >= 15 is 0 Å². The summed E-state index contributed by atoms with van der Waals surface area (Å²) in [6.45, 7) is 5.33. The molecule has 28 heavy (non-hydrogen) atoms. The van der Waals surface area contributed by atoms with Crippen LogP contribution in [0.1, 0.15) is 76.7 Å². The summed E-state index contributed by atoms with van der Waals surface area (Å²) in [5.41, 5.74) is 0.511. The van der Waals surface area contributed by atoms with Gasteiger partial charge in [0, 0.05) is 5.92 Å². The van der Waals surface area contributed by atoms with Crippen molar-refractivity contribution in [3.05, 3.63) is 41.5 Å². The van der Waals surface area contributed by atoms with Crippen LogP contribution in [-0.2, 0) is 4.74 Å². The second-order valence-electron chi connectivity index (χ2n) is 8.33. The summed E-state index contributed by atoms with van der Waals surface area (Å²) < 4.78 is 40.5. The minimum Gasteiger partial charge on any atom is -0.490 e. The van der Waals surface area contributed by atoms with Crippen LogP contribution in [0.3, 0.4) is 0 Å². The lowest BCUT2D eigenvalue weighted by Crippen LogP contribution is -2.33. The summed E-state index contributed by atoms with van der Waals surface area (Å²) in [5.74, 6) is -0.327. The highest BCUT2D eigenvalue weighted by atomic mass is 19.2. The minimum absolute atomic E-state index is 0.0367. The van der Waals surface area contributed by atoms with Gasteiger partial charge in [0.05, 0.1) is 19.3 Å². The van der Waals surface area contributed by atoms with Crippen molar-refractivity contribution in [2.45, 2.75) is 77.2 Å². The maximum Gasteiger partial charge on any atom is 0.200 e. The van der Waals surface area contributed by atoms with Crippen LogP contribution in [-0.4, -0.2) is 19.3 Å². The zero-order valence-electron chi connectivity index (χ0n) is 17.3. The first-order valence-electron chi connectivity index (χ1n) is 11.0. The second-order valence-corrected chi connectivity index (χ2v) is 8.33. The zero-order valence-corrected chi connectivity index (χ0v) is 17.3. The van der Waals surface area contributed by atoms with E-state index in [9.17, 15) is 8.78 Å². The van der Waals surface area contributed by atoms with Gasteiger partial charge in [-0.3, -0.25) is 0 Å². The number of ether oxygens (including phenoxy) is 2. The van der Waals surface area contributed by atoms with Gasteiger partial charge in [-0.1, -0.05) is 31.6 Å². The Hall–Kier alpha value is -1.42. The average Bonchev–Trinajstić information content (AvgIpc) is 2.72. The number of hydrogen-bond acceptors (Lipinski definition) is 2. The summed E-state index contributed by atoms with van der Waals surface area (Å²) in [6, 6.07) is 3.32. The Kier molecular flexibility index (Phi) is 7.90. The predicted molar refractivity (Wildman–Crippen MR) is 109 cm³/mol. The van der Waals surface area contributed by atoms with E-state index < -0.39 is 11.6 Å². The lowest BCUT2D eigenvalue weighted by molar-refractivity contribution is -0.0471. The van der Waals surface area contributed by atoms with E-state index in [2.05, 4.69) is 19.1 Å². The Morgan fingerprint density at radius 1 is 1.07 bits per heavy atom. The van der Waals surface area contributed by atoms with Crippen molar-refractivity contribution < 1.29 is 18.3 Å². The van der Waals surface area contributed by atoms with Crippen molar-refractivity contribution in [3.63, 3.8) is 0 Å². The van der Waals surface area contributed by atoms with Crippen molar-refractivity contribution in [3.8, 4) is 5.75 Å². The first kappa shape index (κ1) is 21.3. The zero-order chi connectivity index (χ0) is 19.9. The average molecular weight is 393 g/mol. The molecule has 0 aromatic heterocycles. The second kappa shape index (κ2) is 10.4. The molecule has 0 spiro atoms. The number of benzene rings is 1. The third kappa shape index (κ3) is 5.14. The third-order valence-corrected chi connectivity index (χ3v) is 6.38. The summed E-state index contributed by atoms with van der Waals surface area (Å²) in [4.78, 5) is 0. The molecule has 0 radical (unpaired) electrons. The standard InChI is InChI=1S/C24H34F2O2/c1-3-5-15-27-22-14-12-20(23(25)24(22)26)18-8-10-19(11-9-18)21-13-7-17(6-4-2)16-28-21/h4,6,12,14,17-19,21H,3,5,7-11,13,15-16H2,1-2H3. The number of hydrogen-bond donors (Lipinski definition) is 0. The van der Waals surface area contributed by atoms with E-state index in [4.69, 9.17) is 9.47 Å². The monoisotopic (exact) mass is 392 g/mol. The summed E-state index contributed by atoms with van der Waals surface area (Å²) in [6.07, 6.45) is 12.6. The maximum atomic E-state index is 14.6.